The number of aliphatic imine (C=N–C) groups is 1. The van der Waals surface area contributed by atoms with Gasteiger partial charge < -0.3 is 16.4 Å². The second-order valence-electron chi connectivity index (χ2n) is 8.16. The molecule has 182 valence electrons. The molecule has 0 spiro atoms. The zero-order valence-electron chi connectivity index (χ0n) is 18.7. The Balaban J connectivity index is 1.99. The van der Waals surface area contributed by atoms with Crippen LogP contribution in [-0.4, -0.2) is 48.4 Å². The van der Waals surface area contributed by atoms with Crippen molar-refractivity contribution < 1.29 is 18.0 Å². The van der Waals surface area contributed by atoms with Gasteiger partial charge in [-0.25, -0.2) is 0 Å². The lowest BCUT2D eigenvalue weighted by Gasteiger charge is -2.27. The highest BCUT2D eigenvalue weighted by Gasteiger charge is 2.38. The SMILES string of the molecule is CC(=N)N1c2sc(C)c(C)c2C(=C2CCC(Cl)CC2)NC(=NCCNC(=O)C(F)(F)F)C1N. The number of nitrogens with two attached hydrogens (primary N) is 1. The molecule has 0 saturated heterocycles. The molecule has 1 aromatic rings. The number of allylic oxidation sites excluding steroid dienone is 1. The van der Waals surface area contributed by atoms with Gasteiger partial charge in [-0.1, -0.05) is 0 Å². The molecule has 1 fully saturated rings. The first kappa shape index (κ1) is 25.5. The van der Waals surface area contributed by atoms with Crippen molar-refractivity contribution in [3.05, 3.63) is 21.6 Å². The van der Waals surface area contributed by atoms with Gasteiger partial charge in [-0.05, 0) is 57.6 Å². The van der Waals surface area contributed by atoms with Crippen LogP contribution >= 0.6 is 22.9 Å². The van der Waals surface area contributed by atoms with Crippen molar-refractivity contribution in [2.45, 2.75) is 64.2 Å². The molecular formula is C21H28ClF3N6OS. The van der Waals surface area contributed by atoms with Crippen LogP contribution < -0.4 is 21.3 Å². The second-order valence-corrected chi connectivity index (χ2v) is 9.98. The molecule has 33 heavy (non-hydrogen) atoms. The van der Waals surface area contributed by atoms with Crippen LogP contribution in [0, 0.1) is 19.3 Å². The number of aryl methyl sites for hydroxylation is 1. The predicted octanol–water partition coefficient (Wildman–Crippen LogP) is 4.03. The number of nitrogens with one attached hydrogen (secondary N) is 3. The number of anilines is 1. The molecule has 12 heteroatoms. The quantitative estimate of drug-likeness (QED) is 0.216. The van der Waals surface area contributed by atoms with E-state index >= 15 is 0 Å². The molecular weight excluding hydrogens is 477 g/mol. The number of fused-ring (bicyclic) bond motifs is 1. The van der Waals surface area contributed by atoms with E-state index in [1.54, 1.807) is 23.2 Å². The first-order valence-corrected chi connectivity index (χ1v) is 11.9. The molecule has 1 atom stereocenters. The summed E-state index contributed by atoms with van der Waals surface area (Å²) in [6.45, 7) is 5.29. The molecule has 1 unspecified atom stereocenters. The highest BCUT2D eigenvalue weighted by molar-refractivity contribution is 7.16. The number of nitrogens with zero attached hydrogens (tertiary/aromatic N) is 2. The number of carbonyl (C=O) groups excluding carboxylic acids is 1. The summed E-state index contributed by atoms with van der Waals surface area (Å²) >= 11 is 7.86. The first-order valence-electron chi connectivity index (χ1n) is 10.6. The van der Waals surface area contributed by atoms with Gasteiger partial charge in [-0.3, -0.25) is 20.1 Å². The van der Waals surface area contributed by atoms with E-state index in [4.69, 9.17) is 22.7 Å². The lowest BCUT2D eigenvalue weighted by atomic mass is 9.90. The van der Waals surface area contributed by atoms with Crippen molar-refractivity contribution in [3.63, 3.8) is 0 Å². The maximum atomic E-state index is 12.4. The van der Waals surface area contributed by atoms with Gasteiger partial charge in [-0.15, -0.1) is 22.9 Å². The van der Waals surface area contributed by atoms with Crippen LogP contribution in [0.3, 0.4) is 0 Å². The molecule has 0 radical (unpaired) electrons. The average Bonchev–Trinajstić information content (AvgIpc) is 2.94. The molecule has 0 bridgehead atoms. The number of halogens is 4. The van der Waals surface area contributed by atoms with Crippen molar-refractivity contribution in [2.75, 3.05) is 18.0 Å². The number of amides is 1. The highest BCUT2D eigenvalue weighted by Crippen LogP contribution is 2.44. The van der Waals surface area contributed by atoms with Crippen molar-refractivity contribution in [3.8, 4) is 0 Å². The maximum Gasteiger partial charge on any atom is 0.471 e. The van der Waals surface area contributed by atoms with Gasteiger partial charge >= 0.3 is 12.1 Å². The molecule has 3 rings (SSSR count). The smallest absolute Gasteiger partial charge is 0.346 e. The van der Waals surface area contributed by atoms with Gasteiger partial charge in [0, 0.05) is 28.1 Å². The molecule has 1 aromatic heterocycles. The highest BCUT2D eigenvalue weighted by atomic mass is 35.5. The van der Waals surface area contributed by atoms with E-state index in [9.17, 15) is 18.0 Å². The van der Waals surface area contributed by atoms with Crippen LogP contribution in [0.2, 0.25) is 0 Å². The van der Waals surface area contributed by atoms with E-state index in [0.717, 1.165) is 52.4 Å². The zero-order chi connectivity index (χ0) is 24.5. The fraction of sp³-hybridized carbons (Fsp3) is 0.571. The number of hydrogen-bond acceptors (Lipinski definition) is 5. The van der Waals surface area contributed by atoms with Gasteiger partial charge in [0.2, 0.25) is 0 Å². The molecule has 2 aliphatic rings. The third-order valence-corrected chi connectivity index (χ3v) is 7.46. The van der Waals surface area contributed by atoms with E-state index in [0.29, 0.717) is 5.84 Å². The van der Waals surface area contributed by atoms with Crippen molar-refractivity contribution in [2.24, 2.45) is 10.7 Å². The number of thiophene rings is 1. The summed E-state index contributed by atoms with van der Waals surface area (Å²) in [5.74, 6) is -1.45. The number of amidine groups is 2. The normalized spacial score (nSPS) is 22.7. The summed E-state index contributed by atoms with van der Waals surface area (Å²) in [6, 6.07) is 0. The molecule has 1 saturated carbocycles. The number of alkyl halides is 4. The third-order valence-electron chi connectivity index (χ3n) is 5.82. The molecule has 0 aromatic carbocycles. The van der Waals surface area contributed by atoms with E-state index in [2.05, 4.69) is 10.3 Å². The Hall–Kier alpha value is -2.11. The summed E-state index contributed by atoms with van der Waals surface area (Å²) in [4.78, 5) is 18.2. The summed E-state index contributed by atoms with van der Waals surface area (Å²) in [7, 11) is 0. The topological polar surface area (TPSA) is 107 Å². The number of hydrogen-bond donors (Lipinski definition) is 4. The monoisotopic (exact) mass is 504 g/mol. The van der Waals surface area contributed by atoms with E-state index in [-0.39, 0.29) is 24.3 Å². The summed E-state index contributed by atoms with van der Waals surface area (Å²) in [5.41, 5.74) is 10.6. The summed E-state index contributed by atoms with van der Waals surface area (Å²) in [6.07, 6.45) is -2.49. The molecule has 1 amide bonds. The molecule has 5 N–H and O–H groups in total. The third kappa shape index (κ3) is 5.52. The van der Waals surface area contributed by atoms with Crippen LogP contribution in [0.1, 0.15) is 48.6 Å². The number of rotatable bonds is 3. The molecule has 1 aliphatic carbocycles. The Morgan fingerprint density at radius 2 is 2.00 bits per heavy atom. The number of carbonyl (C=O) groups is 1. The fourth-order valence-electron chi connectivity index (χ4n) is 3.97. The van der Waals surface area contributed by atoms with Gasteiger partial charge in [-0.2, -0.15) is 13.2 Å². The van der Waals surface area contributed by atoms with Gasteiger partial charge in [0.1, 0.15) is 17.0 Å². The lowest BCUT2D eigenvalue weighted by molar-refractivity contribution is -0.173. The fourth-order valence-corrected chi connectivity index (χ4v) is 5.44. The zero-order valence-corrected chi connectivity index (χ0v) is 20.3. The van der Waals surface area contributed by atoms with Crippen LogP contribution in [0.25, 0.3) is 5.70 Å². The minimum Gasteiger partial charge on any atom is -0.346 e. The van der Waals surface area contributed by atoms with Crippen LogP contribution in [-0.2, 0) is 4.79 Å². The summed E-state index contributed by atoms with van der Waals surface area (Å²) < 4.78 is 37.3. The minimum absolute atomic E-state index is 0.0965. The Morgan fingerprint density at radius 1 is 1.36 bits per heavy atom. The van der Waals surface area contributed by atoms with Gasteiger partial charge in [0.15, 0.2) is 0 Å². The minimum atomic E-state index is -4.94. The van der Waals surface area contributed by atoms with E-state index < -0.39 is 18.2 Å². The van der Waals surface area contributed by atoms with E-state index in [1.807, 2.05) is 19.2 Å². The Kier molecular flexibility index (Phi) is 7.75. The standard InChI is InChI=1S/C21H28ClF3N6OS/c1-10-11(2)33-19-15(10)16(13-4-6-14(22)7-5-13)30-18(17(27)31(19)12(3)26)28-8-9-29-20(32)21(23,24)25/h14,17,26H,4-9,27H2,1-3H3,(H,28,30)(H,29,32). The second kappa shape index (κ2) is 10.0. The van der Waals surface area contributed by atoms with Gasteiger partial charge in [0.05, 0.1) is 12.4 Å². The lowest BCUT2D eigenvalue weighted by Crippen LogP contribution is -2.53. The van der Waals surface area contributed by atoms with Crippen molar-refractivity contribution in [1.29, 1.82) is 5.41 Å². The van der Waals surface area contributed by atoms with Crippen molar-refractivity contribution >= 4 is 51.2 Å². The molecule has 1 aliphatic heterocycles. The maximum absolute atomic E-state index is 12.4. The summed E-state index contributed by atoms with van der Waals surface area (Å²) in [5, 5.41) is 14.5. The van der Waals surface area contributed by atoms with Crippen molar-refractivity contribution in [1.82, 2.24) is 10.6 Å². The Morgan fingerprint density at radius 3 is 2.58 bits per heavy atom. The average molecular weight is 505 g/mol. The van der Waals surface area contributed by atoms with Crippen LogP contribution in [0.5, 0.6) is 0 Å². The Bertz CT molecular complexity index is 993. The molecule has 7 nitrogen and oxygen atoms in total. The van der Waals surface area contributed by atoms with Gasteiger partial charge in [0.25, 0.3) is 0 Å². The van der Waals surface area contributed by atoms with Crippen LogP contribution in [0.4, 0.5) is 18.2 Å². The largest absolute Gasteiger partial charge is 0.471 e. The predicted molar refractivity (Wildman–Crippen MR) is 127 cm³/mol. The van der Waals surface area contributed by atoms with Crippen LogP contribution in [0.15, 0.2) is 10.6 Å². The first-order chi connectivity index (χ1) is 15.4. The Labute approximate surface area is 199 Å². The van der Waals surface area contributed by atoms with E-state index in [1.165, 1.54) is 5.57 Å². The molecule has 2 heterocycles.